The highest BCUT2D eigenvalue weighted by Gasteiger charge is 2.04. The van der Waals surface area contributed by atoms with Gasteiger partial charge in [0.05, 0.1) is 16.8 Å². The van der Waals surface area contributed by atoms with Gasteiger partial charge in [-0.05, 0) is 19.4 Å². The molecule has 0 bridgehead atoms. The lowest BCUT2D eigenvalue weighted by atomic mass is 10.2. The lowest BCUT2D eigenvalue weighted by molar-refractivity contribution is 0.621. The lowest BCUT2D eigenvalue weighted by Gasteiger charge is -2.01. The van der Waals surface area contributed by atoms with Gasteiger partial charge in [0.1, 0.15) is 0 Å². The first-order chi connectivity index (χ1) is 7.74. The molecule has 1 aromatic heterocycles. The van der Waals surface area contributed by atoms with Gasteiger partial charge in [-0.3, -0.25) is 0 Å². The molecule has 1 rings (SSSR count). The average molecular weight is 237 g/mol. The molecular formula is C12H19N3S. The van der Waals surface area contributed by atoms with Crippen LogP contribution in [0.25, 0.3) is 0 Å². The van der Waals surface area contributed by atoms with Crippen molar-refractivity contribution in [1.82, 2.24) is 10.3 Å². The van der Waals surface area contributed by atoms with E-state index in [0.29, 0.717) is 12.3 Å². The van der Waals surface area contributed by atoms with Crippen LogP contribution < -0.4 is 5.32 Å². The molecule has 4 heteroatoms. The Morgan fingerprint density at radius 3 is 2.94 bits per heavy atom. The highest BCUT2D eigenvalue weighted by atomic mass is 32.1. The zero-order chi connectivity index (χ0) is 11.8. The zero-order valence-corrected chi connectivity index (χ0v) is 10.8. The maximum Gasteiger partial charge on any atom is 0.0954 e. The van der Waals surface area contributed by atoms with Crippen LogP contribution in [0.4, 0.5) is 0 Å². The lowest BCUT2D eigenvalue weighted by Crippen LogP contribution is -2.14. The van der Waals surface area contributed by atoms with Gasteiger partial charge in [0, 0.05) is 24.3 Å². The predicted molar refractivity (Wildman–Crippen MR) is 67.4 cm³/mol. The van der Waals surface area contributed by atoms with E-state index in [1.165, 1.54) is 5.01 Å². The van der Waals surface area contributed by atoms with E-state index in [-0.39, 0.29) is 0 Å². The zero-order valence-electron chi connectivity index (χ0n) is 9.99. The first kappa shape index (κ1) is 13.1. The van der Waals surface area contributed by atoms with Crippen LogP contribution in [0.5, 0.6) is 0 Å². The van der Waals surface area contributed by atoms with Gasteiger partial charge in [-0.15, -0.1) is 11.3 Å². The Morgan fingerprint density at radius 1 is 1.50 bits per heavy atom. The Labute approximate surface area is 102 Å². The number of thiazole rings is 1. The Morgan fingerprint density at radius 2 is 2.31 bits per heavy atom. The number of aromatic nitrogens is 1. The molecule has 0 aliphatic heterocycles. The van der Waals surface area contributed by atoms with Gasteiger partial charge in [0.25, 0.3) is 0 Å². The summed E-state index contributed by atoms with van der Waals surface area (Å²) in [5.74, 6) is 0.523. The van der Waals surface area contributed by atoms with Gasteiger partial charge < -0.3 is 5.32 Å². The molecule has 0 amide bonds. The van der Waals surface area contributed by atoms with Crippen LogP contribution in [0.2, 0.25) is 0 Å². The number of nitrogens with one attached hydrogen (secondary N) is 1. The summed E-state index contributed by atoms with van der Waals surface area (Å²) >= 11 is 1.74. The monoisotopic (exact) mass is 237 g/mol. The van der Waals surface area contributed by atoms with Crippen LogP contribution in [0.1, 0.15) is 49.7 Å². The van der Waals surface area contributed by atoms with Crippen LogP contribution in [-0.4, -0.2) is 11.5 Å². The van der Waals surface area contributed by atoms with Crippen LogP contribution in [0.15, 0.2) is 5.38 Å². The molecule has 88 valence electrons. The maximum atomic E-state index is 8.38. The third-order valence-electron chi connectivity index (χ3n) is 2.26. The summed E-state index contributed by atoms with van der Waals surface area (Å²) in [6.07, 6.45) is 2.71. The van der Waals surface area contributed by atoms with Gasteiger partial charge >= 0.3 is 0 Å². The number of rotatable bonds is 7. The van der Waals surface area contributed by atoms with Crippen LogP contribution in [0.3, 0.4) is 0 Å². The number of nitriles is 1. The van der Waals surface area contributed by atoms with Crippen molar-refractivity contribution in [3.63, 3.8) is 0 Å². The highest BCUT2D eigenvalue weighted by molar-refractivity contribution is 7.09. The van der Waals surface area contributed by atoms with Crippen molar-refractivity contribution in [2.45, 2.75) is 45.6 Å². The van der Waals surface area contributed by atoms with E-state index in [0.717, 1.165) is 31.6 Å². The largest absolute Gasteiger partial charge is 0.311 e. The Bertz CT molecular complexity index is 338. The van der Waals surface area contributed by atoms with Crippen molar-refractivity contribution in [2.24, 2.45) is 0 Å². The van der Waals surface area contributed by atoms with E-state index in [9.17, 15) is 0 Å². The van der Waals surface area contributed by atoms with Crippen molar-refractivity contribution in [3.05, 3.63) is 16.1 Å². The topological polar surface area (TPSA) is 48.7 Å². The Kier molecular flexibility index (Phi) is 6.05. The van der Waals surface area contributed by atoms with Gasteiger partial charge in [-0.1, -0.05) is 13.8 Å². The molecule has 0 aliphatic carbocycles. The highest BCUT2D eigenvalue weighted by Crippen LogP contribution is 2.18. The SMILES string of the molecule is CC(C)c1nc(CNCCCCC#N)cs1. The maximum absolute atomic E-state index is 8.38. The van der Waals surface area contributed by atoms with E-state index >= 15 is 0 Å². The molecule has 0 unspecified atom stereocenters. The second kappa shape index (κ2) is 7.37. The molecule has 1 N–H and O–H groups in total. The minimum absolute atomic E-state index is 0.523. The van der Waals surface area contributed by atoms with Crippen molar-refractivity contribution in [1.29, 1.82) is 5.26 Å². The van der Waals surface area contributed by atoms with Crippen LogP contribution in [0, 0.1) is 11.3 Å². The first-order valence-corrected chi connectivity index (χ1v) is 6.64. The molecule has 0 radical (unpaired) electrons. The molecule has 0 saturated carbocycles. The number of hydrogen-bond donors (Lipinski definition) is 1. The molecule has 0 aromatic carbocycles. The quantitative estimate of drug-likeness (QED) is 0.741. The van der Waals surface area contributed by atoms with Crippen molar-refractivity contribution in [3.8, 4) is 6.07 Å². The molecule has 1 aromatic rings. The minimum Gasteiger partial charge on any atom is -0.311 e. The first-order valence-electron chi connectivity index (χ1n) is 5.76. The predicted octanol–water partition coefficient (Wildman–Crippen LogP) is 3.05. The number of unbranched alkanes of at least 4 members (excludes halogenated alkanes) is 2. The van der Waals surface area contributed by atoms with Crippen LogP contribution in [-0.2, 0) is 6.54 Å². The molecule has 0 aliphatic rings. The molecule has 0 spiro atoms. The average Bonchev–Trinajstić information content (AvgIpc) is 2.72. The summed E-state index contributed by atoms with van der Waals surface area (Å²) in [7, 11) is 0. The molecule has 1 heterocycles. The third kappa shape index (κ3) is 4.73. The number of nitrogens with zero attached hydrogens (tertiary/aromatic N) is 2. The second-order valence-electron chi connectivity index (χ2n) is 4.12. The van der Waals surface area contributed by atoms with Gasteiger partial charge in [-0.25, -0.2) is 4.98 Å². The third-order valence-corrected chi connectivity index (χ3v) is 3.46. The Hall–Kier alpha value is -0.920. The van der Waals surface area contributed by atoms with Crippen LogP contribution >= 0.6 is 11.3 Å². The molecular weight excluding hydrogens is 218 g/mol. The van der Waals surface area contributed by atoms with E-state index in [1.54, 1.807) is 11.3 Å². The Balaban J connectivity index is 2.15. The molecule has 0 saturated heterocycles. The fourth-order valence-corrected chi connectivity index (χ4v) is 2.17. The van der Waals surface area contributed by atoms with E-state index in [2.05, 4.69) is 35.6 Å². The molecule has 0 atom stereocenters. The molecule has 16 heavy (non-hydrogen) atoms. The summed E-state index contributed by atoms with van der Waals surface area (Å²) in [4.78, 5) is 4.55. The van der Waals surface area contributed by atoms with Crippen molar-refractivity contribution >= 4 is 11.3 Å². The summed E-state index contributed by atoms with van der Waals surface area (Å²) in [6.45, 7) is 6.14. The van der Waals surface area contributed by atoms with E-state index < -0.39 is 0 Å². The van der Waals surface area contributed by atoms with Gasteiger partial charge in [0.2, 0.25) is 0 Å². The van der Waals surface area contributed by atoms with E-state index in [1.807, 2.05) is 0 Å². The minimum atomic E-state index is 0.523. The van der Waals surface area contributed by atoms with E-state index in [4.69, 9.17) is 5.26 Å². The fourth-order valence-electron chi connectivity index (χ4n) is 1.34. The van der Waals surface area contributed by atoms with Crippen molar-refractivity contribution < 1.29 is 0 Å². The van der Waals surface area contributed by atoms with Gasteiger partial charge in [-0.2, -0.15) is 5.26 Å². The van der Waals surface area contributed by atoms with Crippen molar-refractivity contribution in [2.75, 3.05) is 6.54 Å². The standard InChI is InChI=1S/C12H19N3S/c1-10(2)12-15-11(9-16-12)8-14-7-5-3-4-6-13/h9-10,14H,3-5,7-8H2,1-2H3. The normalized spacial score (nSPS) is 10.6. The molecule has 0 fully saturated rings. The molecule has 3 nitrogen and oxygen atoms in total. The van der Waals surface area contributed by atoms with Gasteiger partial charge in [0.15, 0.2) is 0 Å². The summed E-state index contributed by atoms with van der Waals surface area (Å²) in [5.41, 5.74) is 1.13. The smallest absolute Gasteiger partial charge is 0.0954 e. The fraction of sp³-hybridized carbons (Fsp3) is 0.667. The number of hydrogen-bond acceptors (Lipinski definition) is 4. The second-order valence-corrected chi connectivity index (χ2v) is 5.01. The summed E-state index contributed by atoms with van der Waals surface area (Å²) in [5, 5.41) is 15.1. The summed E-state index contributed by atoms with van der Waals surface area (Å²) < 4.78 is 0. The summed E-state index contributed by atoms with van der Waals surface area (Å²) in [6, 6.07) is 2.15.